The maximum absolute atomic E-state index is 11.2. The summed E-state index contributed by atoms with van der Waals surface area (Å²) in [5.41, 5.74) is -0.482. The van der Waals surface area contributed by atoms with Crippen LogP contribution >= 0.6 is 0 Å². The van der Waals surface area contributed by atoms with E-state index in [1.54, 1.807) is 27.8 Å². The Balaban J connectivity index is 3.35. The van der Waals surface area contributed by atoms with E-state index < -0.39 is 11.7 Å². The Hall–Kier alpha value is -0.850. The molecule has 0 aromatic carbocycles. The molecule has 1 amide bonds. The van der Waals surface area contributed by atoms with Gasteiger partial charge in [-0.2, -0.15) is 5.06 Å². The van der Waals surface area contributed by atoms with Crippen molar-refractivity contribution < 1.29 is 19.5 Å². The van der Waals surface area contributed by atoms with E-state index in [1.165, 1.54) is 0 Å². The Morgan fingerprint density at radius 3 is 2.50 bits per heavy atom. The van der Waals surface area contributed by atoms with Gasteiger partial charge in [0.1, 0.15) is 5.60 Å². The maximum Gasteiger partial charge on any atom is 0.407 e. The predicted octanol–water partition coefficient (Wildman–Crippen LogP) is 0.849. The monoisotopic (exact) mass is 234 g/mol. The minimum Gasteiger partial charge on any atom is -0.444 e. The normalized spacial score (nSPS) is 11.6. The number of carbonyl (C=O) groups excluding carboxylic acids is 1. The summed E-state index contributed by atoms with van der Waals surface area (Å²) in [7, 11) is 1.54. The van der Waals surface area contributed by atoms with E-state index >= 15 is 0 Å². The summed E-state index contributed by atoms with van der Waals surface area (Å²) < 4.78 is 10.2. The highest BCUT2D eigenvalue weighted by Crippen LogP contribution is 2.05. The molecule has 0 heterocycles. The molecule has 0 saturated carbocycles. The molecule has 0 unspecified atom stereocenters. The quantitative estimate of drug-likeness (QED) is 0.526. The first kappa shape index (κ1) is 15.2. The fourth-order valence-electron chi connectivity index (χ4n) is 0.838. The molecule has 0 aromatic heterocycles. The number of nitrogens with zero attached hydrogens (tertiary/aromatic N) is 1. The van der Waals surface area contributed by atoms with Crippen LogP contribution in [0, 0.1) is 0 Å². The highest BCUT2D eigenvalue weighted by atomic mass is 16.6. The van der Waals surface area contributed by atoms with Crippen LogP contribution in [-0.4, -0.2) is 55.3 Å². The van der Waals surface area contributed by atoms with E-state index in [4.69, 9.17) is 14.7 Å². The minimum absolute atomic E-state index is 0.393. The molecular formula is C10H22N2O4. The van der Waals surface area contributed by atoms with Crippen molar-refractivity contribution in [2.24, 2.45) is 0 Å². The Morgan fingerprint density at radius 2 is 2.00 bits per heavy atom. The van der Waals surface area contributed by atoms with Gasteiger partial charge in [-0.3, -0.25) is 0 Å². The van der Waals surface area contributed by atoms with Crippen LogP contribution in [0.2, 0.25) is 0 Å². The van der Waals surface area contributed by atoms with Crippen molar-refractivity contribution in [1.82, 2.24) is 10.4 Å². The van der Waals surface area contributed by atoms with Crippen LogP contribution in [0.25, 0.3) is 0 Å². The first-order valence-electron chi connectivity index (χ1n) is 5.26. The van der Waals surface area contributed by atoms with Crippen LogP contribution in [0.3, 0.4) is 0 Å². The van der Waals surface area contributed by atoms with Gasteiger partial charge in [-0.25, -0.2) is 4.79 Å². The number of likely N-dealkylation sites (N-methyl/N-ethyl adjacent to an activating group) is 1. The second-order valence-electron chi connectivity index (χ2n) is 4.42. The Morgan fingerprint density at radius 1 is 1.38 bits per heavy atom. The smallest absolute Gasteiger partial charge is 0.407 e. The summed E-state index contributed by atoms with van der Waals surface area (Å²) in [5.74, 6) is 0. The zero-order valence-corrected chi connectivity index (χ0v) is 10.4. The highest BCUT2D eigenvalue weighted by molar-refractivity contribution is 5.67. The fraction of sp³-hybridized carbons (Fsp3) is 0.900. The van der Waals surface area contributed by atoms with Crippen LogP contribution in [0.5, 0.6) is 0 Å². The minimum atomic E-state index is -0.482. The largest absolute Gasteiger partial charge is 0.444 e. The molecule has 0 saturated heterocycles. The van der Waals surface area contributed by atoms with Crippen molar-refractivity contribution in [3.05, 3.63) is 0 Å². The second-order valence-corrected chi connectivity index (χ2v) is 4.42. The molecule has 16 heavy (non-hydrogen) atoms. The van der Waals surface area contributed by atoms with Crippen molar-refractivity contribution in [3.63, 3.8) is 0 Å². The summed E-state index contributed by atoms with van der Waals surface area (Å²) >= 11 is 0. The van der Waals surface area contributed by atoms with Crippen molar-refractivity contribution in [1.29, 1.82) is 0 Å². The molecule has 0 aromatic rings. The van der Waals surface area contributed by atoms with Crippen LogP contribution in [0.4, 0.5) is 4.79 Å². The molecule has 0 bridgehead atoms. The third-order valence-corrected chi connectivity index (χ3v) is 1.47. The van der Waals surface area contributed by atoms with E-state index in [-0.39, 0.29) is 0 Å². The lowest BCUT2D eigenvalue weighted by molar-refractivity contribution is -0.0800. The van der Waals surface area contributed by atoms with Crippen LogP contribution in [0.15, 0.2) is 0 Å². The number of carbonyl (C=O) groups is 1. The lowest BCUT2D eigenvalue weighted by Crippen LogP contribution is -2.34. The van der Waals surface area contributed by atoms with Crippen molar-refractivity contribution in [3.8, 4) is 0 Å². The number of hydrogen-bond donors (Lipinski definition) is 2. The maximum atomic E-state index is 11.2. The lowest BCUT2D eigenvalue weighted by Gasteiger charge is -2.19. The Labute approximate surface area is 96.5 Å². The number of nitrogens with one attached hydrogen (secondary N) is 1. The third kappa shape index (κ3) is 11.2. The molecule has 0 fully saturated rings. The SMILES string of the molecule is CN(O)CCOCCNC(=O)OC(C)(C)C. The molecule has 6 nitrogen and oxygen atoms in total. The first-order valence-corrected chi connectivity index (χ1v) is 5.26. The van der Waals surface area contributed by atoms with E-state index in [0.717, 1.165) is 5.06 Å². The number of alkyl carbamates (subject to hydrolysis) is 1. The molecule has 6 heteroatoms. The average Bonchev–Trinajstić information content (AvgIpc) is 2.07. The van der Waals surface area contributed by atoms with Gasteiger partial charge in [-0.15, -0.1) is 0 Å². The summed E-state index contributed by atoms with van der Waals surface area (Å²) in [6.45, 7) is 7.06. The van der Waals surface area contributed by atoms with Gasteiger partial charge in [-0.05, 0) is 20.8 Å². The molecule has 0 aliphatic carbocycles. The molecule has 0 radical (unpaired) electrons. The van der Waals surface area contributed by atoms with E-state index in [2.05, 4.69) is 5.32 Å². The predicted molar refractivity (Wildman–Crippen MR) is 59.5 cm³/mol. The van der Waals surface area contributed by atoms with E-state index in [1.807, 2.05) is 0 Å². The number of ether oxygens (including phenoxy) is 2. The number of hydrogen-bond acceptors (Lipinski definition) is 5. The van der Waals surface area contributed by atoms with E-state index in [9.17, 15) is 4.79 Å². The fourth-order valence-corrected chi connectivity index (χ4v) is 0.838. The summed E-state index contributed by atoms with van der Waals surface area (Å²) in [6, 6.07) is 0. The van der Waals surface area contributed by atoms with Gasteiger partial charge in [0.15, 0.2) is 0 Å². The van der Waals surface area contributed by atoms with Crippen LogP contribution < -0.4 is 5.32 Å². The molecule has 0 aliphatic heterocycles. The molecule has 0 rings (SSSR count). The first-order chi connectivity index (χ1) is 7.31. The van der Waals surface area contributed by atoms with Crippen LogP contribution in [0.1, 0.15) is 20.8 Å². The Bertz CT molecular complexity index is 201. The van der Waals surface area contributed by atoms with Gasteiger partial charge in [0.2, 0.25) is 0 Å². The summed E-state index contributed by atoms with van der Waals surface area (Å²) in [5, 5.41) is 12.4. The second kappa shape index (κ2) is 7.43. The average molecular weight is 234 g/mol. The Kier molecular flexibility index (Phi) is 7.03. The molecular weight excluding hydrogens is 212 g/mol. The van der Waals surface area contributed by atoms with Gasteiger partial charge in [-0.1, -0.05) is 0 Å². The molecule has 96 valence electrons. The van der Waals surface area contributed by atoms with Gasteiger partial charge in [0.25, 0.3) is 0 Å². The standard InChI is InChI=1S/C10H22N2O4/c1-10(2,3)16-9(13)11-5-7-15-8-6-12(4)14/h14H,5-8H2,1-4H3,(H,11,13). The topological polar surface area (TPSA) is 71.0 Å². The highest BCUT2D eigenvalue weighted by Gasteiger charge is 2.15. The molecule has 0 spiro atoms. The van der Waals surface area contributed by atoms with Crippen molar-refractivity contribution in [2.45, 2.75) is 26.4 Å². The molecule has 0 atom stereocenters. The van der Waals surface area contributed by atoms with Gasteiger partial charge >= 0.3 is 6.09 Å². The van der Waals surface area contributed by atoms with E-state index in [0.29, 0.717) is 26.3 Å². The van der Waals surface area contributed by atoms with Crippen molar-refractivity contribution in [2.75, 3.05) is 33.4 Å². The summed E-state index contributed by atoms with van der Waals surface area (Å²) in [6.07, 6.45) is -0.449. The van der Waals surface area contributed by atoms with Crippen LogP contribution in [-0.2, 0) is 9.47 Å². The summed E-state index contributed by atoms with van der Waals surface area (Å²) in [4.78, 5) is 11.2. The number of amides is 1. The lowest BCUT2D eigenvalue weighted by atomic mass is 10.2. The van der Waals surface area contributed by atoms with Gasteiger partial charge in [0, 0.05) is 20.1 Å². The zero-order chi connectivity index (χ0) is 12.6. The number of rotatable bonds is 6. The van der Waals surface area contributed by atoms with Gasteiger partial charge in [0.05, 0.1) is 13.2 Å². The third-order valence-electron chi connectivity index (χ3n) is 1.47. The zero-order valence-electron chi connectivity index (χ0n) is 10.4. The number of hydroxylamine groups is 2. The van der Waals surface area contributed by atoms with Gasteiger partial charge < -0.3 is 20.0 Å². The molecule has 0 aliphatic rings. The molecule has 2 N–H and O–H groups in total. The van der Waals surface area contributed by atoms with Crippen molar-refractivity contribution >= 4 is 6.09 Å².